The molecule has 0 saturated heterocycles. The predicted molar refractivity (Wildman–Crippen MR) is 146 cm³/mol. The van der Waals surface area contributed by atoms with Crippen molar-refractivity contribution in [3.8, 4) is 40.0 Å². The van der Waals surface area contributed by atoms with Gasteiger partial charge in [0.05, 0.1) is 40.2 Å². The van der Waals surface area contributed by atoms with Crippen molar-refractivity contribution >= 4 is 18.1 Å². The fourth-order valence-electron chi connectivity index (χ4n) is 3.86. The molecule has 0 aliphatic carbocycles. The van der Waals surface area contributed by atoms with Gasteiger partial charge in [0.25, 0.3) is 5.91 Å². The summed E-state index contributed by atoms with van der Waals surface area (Å²) in [5, 5.41) is 8.06. The summed E-state index contributed by atoms with van der Waals surface area (Å²) in [5.74, 6) is 0.656. The molecule has 1 N–H and O–H groups in total. The molecule has 3 aromatic carbocycles. The third-order valence-electron chi connectivity index (χ3n) is 5.81. The van der Waals surface area contributed by atoms with Gasteiger partial charge in [-0.15, -0.1) is 0 Å². The van der Waals surface area contributed by atoms with E-state index < -0.39 is 11.9 Å². The smallest absolute Gasteiger partial charge is 0.343 e. The monoisotopic (exact) mass is 545 g/mol. The highest BCUT2D eigenvalue weighted by Crippen LogP contribution is 2.39. The first-order valence-electron chi connectivity index (χ1n) is 12.0. The standard InChI is InChI=1S/C29H27N3O8/c1-17-25(26(32-40-17)19-9-7-6-8-10-19)28(33)31-30-16-18-11-12-21(22(13-18)35-2)39-29(34)20-14-23(36-3)27(38-5)24(15-20)37-4/h6-16H,1-5H3,(H,31,33). The number of nitrogens with one attached hydrogen (secondary N) is 1. The lowest BCUT2D eigenvalue weighted by atomic mass is 10.1. The van der Waals surface area contributed by atoms with Crippen molar-refractivity contribution in [2.45, 2.75) is 6.92 Å². The van der Waals surface area contributed by atoms with Gasteiger partial charge in [-0.3, -0.25) is 4.79 Å². The van der Waals surface area contributed by atoms with Crippen LogP contribution in [-0.4, -0.2) is 51.7 Å². The summed E-state index contributed by atoms with van der Waals surface area (Å²) >= 11 is 0. The third-order valence-corrected chi connectivity index (χ3v) is 5.81. The van der Waals surface area contributed by atoms with Crippen molar-refractivity contribution in [1.29, 1.82) is 0 Å². The number of benzene rings is 3. The zero-order chi connectivity index (χ0) is 28.6. The fourth-order valence-corrected chi connectivity index (χ4v) is 3.86. The zero-order valence-corrected chi connectivity index (χ0v) is 22.5. The van der Waals surface area contributed by atoms with E-state index in [9.17, 15) is 9.59 Å². The Morgan fingerprint density at radius 3 is 2.15 bits per heavy atom. The van der Waals surface area contributed by atoms with Gasteiger partial charge in [0, 0.05) is 5.56 Å². The van der Waals surface area contributed by atoms with Crippen LogP contribution in [0.25, 0.3) is 11.3 Å². The molecule has 0 radical (unpaired) electrons. The molecular formula is C29H27N3O8. The number of amides is 1. The van der Waals surface area contributed by atoms with Crippen molar-refractivity contribution in [3.05, 3.63) is 83.1 Å². The number of nitrogens with zero attached hydrogens (tertiary/aromatic N) is 2. The van der Waals surface area contributed by atoms with Crippen LogP contribution in [0.2, 0.25) is 0 Å². The van der Waals surface area contributed by atoms with E-state index in [1.165, 1.54) is 46.8 Å². The van der Waals surface area contributed by atoms with Gasteiger partial charge >= 0.3 is 5.97 Å². The van der Waals surface area contributed by atoms with Crippen LogP contribution in [0.4, 0.5) is 0 Å². The van der Waals surface area contributed by atoms with Crippen LogP contribution in [-0.2, 0) is 0 Å². The molecule has 0 unspecified atom stereocenters. The molecule has 40 heavy (non-hydrogen) atoms. The van der Waals surface area contributed by atoms with E-state index in [-0.39, 0.29) is 22.6 Å². The third kappa shape index (κ3) is 5.88. The maximum Gasteiger partial charge on any atom is 0.343 e. The summed E-state index contributed by atoms with van der Waals surface area (Å²) in [4.78, 5) is 25.7. The first-order valence-corrected chi connectivity index (χ1v) is 12.0. The van der Waals surface area contributed by atoms with E-state index in [2.05, 4.69) is 15.7 Å². The lowest BCUT2D eigenvalue weighted by Gasteiger charge is -2.14. The number of hydrazone groups is 1. The number of rotatable bonds is 10. The average Bonchev–Trinajstić information content (AvgIpc) is 3.38. The van der Waals surface area contributed by atoms with Crippen LogP contribution in [0.15, 0.2) is 70.3 Å². The molecular weight excluding hydrogens is 518 g/mol. The van der Waals surface area contributed by atoms with Gasteiger partial charge in [-0.1, -0.05) is 35.5 Å². The van der Waals surface area contributed by atoms with Crippen molar-refractivity contribution in [2.75, 3.05) is 28.4 Å². The van der Waals surface area contributed by atoms with Crippen molar-refractivity contribution < 1.29 is 37.8 Å². The molecule has 4 rings (SSSR count). The maximum absolute atomic E-state index is 12.9. The molecule has 1 aromatic heterocycles. The molecule has 11 heteroatoms. The molecule has 0 bridgehead atoms. The molecule has 0 fully saturated rings. The molecule has 4 aromatic rings. The second-order valence-corrected chi connectivity index (χ2v) is 8.24. The summed E-state index contributed by atoms with van der Waals surface area (Å²) in [5.41, 5.74) is 4.71. The Morgan fingerprint density at radius 2 is 1.52 bits per heavy atom. The van der Waals surface area contributed by atoms with Gasteiger partial charge < -0.3 is 28.2 Å². The number of hydrogen-bond acceptors (Lipinski definition) is 10. The Kier molecular flexibility index (Phi) is 8.65. The van der Waals surface area contributed by atoms with Crippen LogP contribution in [0.3, 0.4) is 0 Å². The highest BCUT2D eigenvalue weighted by Gasteiger charge is 2.22. The maximum atomic E-state index is 12.9. The van der Waals surface area contributed by atoms with Crippen LogP contribution in [0, 0.1) is 6.92 Å². The summed E-state index contributed by atoms with van der Waals surface area (Å²) in [6.07, 6.45) is 1.43. The highest BCUT2D eigenvalue weighted by atomic mass is 16.6. The minimum Gasteiger partial charge on any atom is -0.493 e. The lowest BCUT2D eigenvalue weighted by Crippen LogP contribution is -2.18. The quantitative estimate of drug-likeness (QED) is 0.131. The van der Waals surface area contributed by atoms with Crippen molar-refractivity contribution in [1.82, 2.24) is 10.6 Å². The topological polar surface area (TPSA) is 131 Å². The Hall–Kier alpha value is -5.32. The minimum atomic E-state index is -0.662. The van der Waals surface area contributed by atoms with Crippen LogP contribution in [0.5, 0.6) is 28.7 Å². The van der Waals surface area contributed by atoms with Gasteiger partial charge in [0.15, 0.2) is 23.0 Å². The zero-order valence-electron chi connectivity index (χ0n) is 22.5. The predicted octanol–water partition coefficient (Wildman–Crippen LogP) is 4.67. The van der Waals surface area contributed by atoms with E-state index in [4.69, 9.17) is 28.2 Å². The number of hydrogen-bond donors (Lipinski definition) is 1. The van der Waals surface area contributed by atoms with Gasteiger partial charge in [-0.25, -0.2) is 10.2 Å². The van der Waals surface area contributed by atoms with Gasteiger partial charge in [0.2, 0.25) is 5.75 Å². The molecule has 0 atom stereocenters. The van der Waals surface area contributed by atoms with E-state index in [1.54, 1.807) is 25.1 Å². The molecule has 206 valence electrons. The molecule has 1 heterocycles. The Labute approximate surface area is 230 Å². The fraction of sp³-hybridized carbons (Fsp3) is 0.172. The second kappa shape index (κ2) is 12.5. The molecule has 0 aliphatic heterocycles. The Bertz CT molecular complexity index is 1520. The second-order valence-electron chi connectivity index (χ2n) is 8.24. The molecule has 0 saturated carbocycles. The first-order chi connectivity index (χ1) is 19.4. The number of methoxy groups -OCH3 is 4. The number of aryl methyl sites for hydroxylation is 1. The highest BCUT2D eigenvalue weighted by molar-refractivity contribution is 6.01. The van der Waals surface area contributed by atoms with E-state index in [0.717, 1.165) is 5.56 Å². The SMILES string of the molecule is COc1cc(C=NNC(=O)c2c(-c3ccccc3)noc2C)ccc1OC(=O)c1cc(OC)c(OC)c(OC)c1. The van der Waals surface area contributed by atoms with Crippen LogP contribution < -0.4 is 29.1 Å². The largest absolute Gasteiger partial charge is 0.493 e. The van der Waals surface area contributed by atoms with Gasteiger partial charge in [-0.05, 0) is 42.8 Å². The van der Waals surface area contributed by atoms with Crippen LogP contribution in [0.1, 0.15) is 32.0 Å². The first kappa shape index (κ1) is 27.7. The van der Waals surface area contributed by atoms with E-state index in [0.29, 0.717) is 34.3 Å². The number of carbonyl (C=O) groups excluding carboxylic acids is 2. The summed E-state index contributed by atoms with van der Waals surface area (Å²) in [6.45, 7) is 1.65. The van der Waals surface area contributed by atoms with Crippen LogP contribution >= 0.6 is 0 Å². The summed E-state index contributed by atoms with van der Waals surface area (Å²) < 4.78 is 32.1. The number of ether oxygens (including phenoxy) is 5. The molecule has 1 amide bonds. The van der Waals surface area contributed by atoms with Gasteiger partial charge in [0.1, 0.15) is 17.0 Å². The minimum absolute atomic E-state index is 0.176. The number of aromatic nitrogens is 1. The van der Waals surface area contributed by atoms with Crippen molar-refractivity contribution in [3.63, 3.8) is 0 Å². The number of carbonyl (C=O) groups is 2. The normalized spacial score (nSPS) is 10.7. The van der Waals surface area contributed by atoms with E-state index >= 15 is 0 Å². The Balaban J connectivity index is 1.48. The Morgan fingerprint density at radius 1 is 0.850 bits per heavy atom. The molecule has 0 aliphatic rings. The van der Waals surface area contributed by atoms with Crippen molar-refractivity contribution in [2.24, 2.45) is 5.10 Å². The summed E-state index contributed by atoms with van der Waals surface area (Å²) in [7, 11) is 5.81. The van der Waals surface area contributed by atoms with Gasteiger partial charge in [-0.2, -0.15) is 5.10 Å². The lowest BCUT2D eigenvalue weighted by molar-refractivity contribution is 0.0728. The van der Waals surface area contributed by atoms with E-state index in [1.807, 2.05) is 30.3 Å². The summed E-state index contributed by atoms with van der Waals surface area (Å²) in [6, 6.07) is 17.0. The molecule has 0 spiro atoms. The molecule has 11 nitrogen and oxygen atoms in total. The number of esters is 1. The average molecular weight is 546 g/mol.